The Morgan fingerprint density at radius 3 is 1.95 bits per heavy atom. The number of likely N-dealkylation sites (N-methyl/N-ethyl adjacent to an activating group) is 1. The molecule has 2 rings (SSSR count). The Hall–Kier alpha value is -4.15. The maximum Gasteiger partial charge on any atom is 0.408 e. The molecule has 0 radical (unpaired) electrons. The number of primary amides is 1. The van der Waals surface area contributed by atoms with Gasteiger partial charge in [0.15, 0.2) is 0 Å². The lowest BCUT2D eigenvalue weighted by molar-refractivity contribution is -0.142. The number of nitrogens with one attached hydrogen (secondary N) is 2. The van der Waals surface area contributed by atoms with Crippen molar-refractivity contribution in [1.29, 1.82) is 0 Å². The molecule has 5 N–H and O–H groups in total. The molecule has 4 amide bonds. The third kappa shape index (κ3) is 10.5. The van der Waals surface area contributed by atoms with E-state index in [-0.39, 0.29) is 24.0 Å². The number of amides is 4. The molecule has 10 nitrogen and oxygen atoms in total. The van der Waals surface area contributed by atoms with Crippen LogP contribution in [0, 0.1) is 11.7 Å². The SMILES string of the molecule is CC(C)[C@@H](C(=O)N[C@@H](Cc1ccc(O)c(C(C)(C)C)c1)C(N)=O)N(C)C(=O)[C@H](Cc1ccc(F)cc1)NC(=O)OC(C)(C)C. The van der Waals surface area contributed by atoms with E-state index in [1.165, 1.54) is 42.3 Å². The van der Waals surface area contributed by atoms with Gasteiger partial charge in [0.05, 0.1) is 0 Å². The van der Waals surface area contributed by atoms with Crippen molar-refractivity contribution in [3.63, 3.8) is 0 Å². The minimum Gasteiger partial charge on any atom is -0.508 e. The number of hydrogen-bond acceptors (Lipinski definition) is 6. The number of nitrogens with two attached hydrogens (primary N) is 1. The van der Waals surface area contributed by atoms with Gasteiger partial charge in [-0.1, -0.05) is 58.9 Å². The lowest BCUT2D eigenvalue weighted by atomic mass is 9.84. The topological polar surface area (TPSA) is 151 Å². The van der Waals surface area contributed by atoms with E-state index in [2.05, 4.69) is 10.6 Å². The average Bonchev–Trinajstić information content (AvgIpc) is 2.87. The highest BCUT2D eigenvalue weighted by Gasteiger charge is 2.36. The van der Waals surface area contributed by atoms with Gasteiger partial charge in [-0.3, -0.25) is 14.4 Å². The number of ether oxygens (including phenoxy) is 1. The molecule has 2 aromatic carbocycles. The smallest absolute Gasteiger partial charge is 0.408 e. The molecule has 0 aliphatic heterocycles. The Bertz CT molecular complexity index is 1330. The molecule has 0 aliphatic carbocycles. The van der Waals surface area contributed by atoms with Gasteiger partial charge in [0.1, 0.15) is 35.3 Å². The first kappa shape index (κ1) is 36.0. The van der Waals surface area contributed by atoms with Crippen LogP contribution in [-0.4, -0.2) is 64.6 Å². The third-order valence-corrected chi connectivity index (χ3v) is 6.98. The van der Waals surface area contributed by atoms with E-state index in [4.69, 9.17) is 10.5 Å². The molecule has 0 heterocycles. The monoisotopic (exact) mass is 614 g/mol. The van der Waals surface area contributed by atoms with E-state index in [0.29, 0.717) is 16.7 Å². The summed E-state index contributed by atoms with van der Waals surface area (Å²) >= 11 is 0. The minimum absolute atomic E-state index is 0.00992. The molecule has 0 aromatic heterocycles. The van der Waals surface area contributed by atoms with E-state index in [0.717, 1.165) is 0 Å². The fourth-order valence-corrected chi connectivity index (χ4v) is 4.84. The van der Waals surface area contributed by atoms with Crippen LogP contribution in [0.1, 0.15) is 72.1 Å². The lowest BCUT2D eigenvalue weighted by Crippen LogP contribution is -2.59. The Kier molecular flexibility index (Phi) is 11.9. The first-order valence-electron chi connectivity index (χ1n) is 14.6. The zero-order valence-electron chi connectivity index (χ0n) is 27.2. The maximum atomic E-state index is 13.8. The summed E-state index contributed by atoms with van der Waals surface area (Å²) in [6, 6.07) is 7.20. The second kappa shape index (κ2) is 14.5. The van der Waals surface area contributed by atoms with Crippen molar-refractivity contribution in [2.45, 2.75) is 97.4 Å². The van der Waals surface area contributed by atoms with Crippen LogP contribution in [0.3, 0.4) is 0 Å². The number of nitrogens with zero attached hydrogens (tertiary/aromatic N) is 1. The number of phenolic OH excluding ortho intramolecular Hbond substituents is 1. The quantitative estimate of drug-likeness (QED) is 0.301. The van der Waals surface area contributed by atoms with E-state index in [1.54, 1.807) is 46.8 Å². The van der Waals surface area contributed by atoms with Crippen molar-refractivity contribution < 1.29 is 33.4 Å². The molecule has 0 fully saturated rings. The van der Waals surface area contributed by atoms with Crippen molar-refractivity contribution in [1.82, 2.24) is 15.5 Å². The van der Waals surface area contributed by atoms with Gasteiger partial charge in [0, 0.05) is 19.9 Å². The molecule has 2 aromatic rings. The fourth-order valence-electron chi connectivity index (χ4n) is 4.84. The Morgan fingerprint density at radius 2 is 1.45 bits per heavy atom. The summed E-state index contributed by atoms with van der Waals surface area (Å²) in [5.41, 5.74) is 6.43. The summed E-state index contributed by atoms with van der Waals surface area (Å²) in [5.74, 6) is -2.68. The number of halogens is 1. The molecule has 0 saturated heterocycles. The second-order valence-corrected chi connectivity index (χ2v) is 13.4. The van der Waals surface area contributed by atoms with E-state index < -0.39 is 59.3 Å². The van der Waals surface area contributed by atoms with Gasteiger partial charge in [0.25, 0.3) is 0 Å². The summed E-state index contributed by atoms with van der Waals surface area (Å²) in [7, 11) is 1.44. The van der Waals surface area contributed by atoms with Gasteiger partial charge in [-0.05, 0) is 67.0 Å². The summed E-state index contributed by atoms with van der Waals surface area (Å²) in [5, 5.41) is 15.6. The molecule has 0 saturated carbocycles. The molecular formula is C33H47FN4O6. The van der Waals surface area contributed by atoms with Crippen LogP contribution < -0.4 is 16.4 Å². The largest absolute Gasteiger partial charge is 0.508 e. The fraction of sp³-hybridized carbons (Fsp3) is 0.515. The number of rotatable bonds is 11. The van der Waals surface area contributed by atoms with E-state index in [9.17, 15) is 28.7 Å². The molecule has 0 spiro atoms. The van der Waals surface area contributed by atoms with Gasteiger partial charge in [-0.2, -0.15) is 0 Å². The van der Waals surface area contributed by atoms with E-state index in [1.807, 2.05) is 20.8 Å². The van der Waals surface area contributed by atoms with Crippen molar-refractivity contribution >= 4 is 23.8 Å². The summed E-state index contributed by atoms with van der Waals surface area (Å²) in [6.45, 7) is 14.4. The van der Waals surface area contributed by atoms with Crippen LogP contribution in [0.2, 0.25) is 0 Å². The zero-order valence-corrected chi connectivity index (χ0v) is 27.2. The highest BCUT2D eigenvalue weighted by molar-refractivity contribution is 5.93. The number of carbonyl (C=O) groups is 4. The lowest BCUT2D eigenvalue weighted by Gasteiger charge is -2.34. The number of aromatic hydroxyl groups is 1. The van der Waals surface area contributed by atoms with Gasteiger partial charge < -0.3 is 31.1 Å². The first-order chi connectivity index (χ1) is 20.2. The predicted octanol–water partition coefficient (Wildman–Crippen LogP) is 3.96. The Morgan fingerprint density at radius 1 is 0.909 bits per heavy atom. The Balaban J connectivity index is 2.33. The zero-order chi connectivity index (χ0) is 33.6. The molecule has 3 atom stereocenters. The third-order valence-electron chi connectivity index (χ3n) is 6.98. The molecule has 44 heavy (non-hydrogen) atoms. The van der Waals surface area contributed by atoms with E-state index >= 15 is 0 Å². The number of benzene rings is 2. The van der Waals surface area contributed by atoms with Crippen LogP contribution in [0.15, 0.2) is 42.5 Å². The van der Waals surface area contributed by atoms with Gasteiger partial charge in [0.2, 0.25) is 17.7 Å². The van der Waals surface area contributed by atoms with Gasteiger partial charge in [-0.25, -0.2) is 9.18 Å². The minimum atomic E-state index is -1.14. The standard InChI is InChI=1S/C33H47FN4O6/c1-19(2)27(29(41)36-24(28(35)40)18-21-12-15-26(39)23(16-21)32(3,4)5)38(9)30(42)25(37-31(43)44-33(6,7)8)17-20-10-13-22(34)14-11-20/h10-16,19,24-25,27,39H,17-18H2,1-9H3,(H2,35,40)(H,36,41)(H,37,43)/t24-,25-,27-/m0/s1. The van der Waals surface area contributed by atoms with Crippen LogP contribution in [0.25, 0.3) is 0 Å². The normalized spacial score (nSPS) is 13.9. The highest BCUT2D eigenvalue weighted by Crippen LogP contribution is 2.31. The summed E-state index contributed by atoms with van der Waals surface area (Å²) in [6.07, 6.45) is -0.745. The van der Waals surface area contributed by atoms with Crippen molar-refractivity contribution in [2.24, 2.45) is 11.7 Å². The van der Waals surface area contributed by atoms with Crippen molar-refractivity contribution in [3.05, 3.63) is 65.0 Å². The van der Waals surface area contributed by atoms with Crippen LogP contribution >= 0.6 is 0 Å². The Labute approximate surface area is 259 Å². The second-order valence-electron chi connectivity index (χ2n) is 13.4. The predicted molar refractivity (Wildman–Crippen MR) is 166 cm³/mol. The molecular weight excluding hydrogens is 567 g/mol. The van der Waals surface area contributed by atoms with Crippen LogP contribution in [0.5, 0.6) is 5.75 Å². The highest BCUT2D eigenvalue weighted by atomic mass is 19.1. The molecule has 0 bridgehead atoms. The number of phenols is 1. The van der Waals surface area contributed by atoms with Crippen molar-refractivity contribution in [3.8, 4) is 5.75 Å². The van der Waals surface area contributed by atoms with Gasteiger partial charge in [-0.15, -0.1) is 0 Å². The maximum absolute atomic E-state index is 13.8. The van der Waals surface area contributed by atoms with Gasteiger partial charge >= 0.3 is 6.09 Å². The summed E-state index contributed by atoms with van der Waals surface area (Å²) < 4.78 is 18.9. The number of carbonyl (C=O) groups excluding carboxylic acids is 4. The number of alkyl carbamates (subject to hydrolysis) is 1. The molecule has 11 heteroatoms. The van der Waals surface area contributed by atoms with Crippen LogP contribution in [0.4, 0.5) is 9.18 Å². The average molecular weight is 615 g/mol. The summed E-state index contributed by atoms with van der Waals surface area (Å²) in [4.78, 5) is 53.8. The van der Waals surface area contributed by atoms with Crippen LogP contribution in [-0.2, 0) is 37.4 Å². The molecule has 242 valence electrons. The first-order valence-corrected chi connectivity index (χ1v) is 14.6. The number of hydrogen-bond donors (Lipinski definition) is 4. The van der Waals surface area contributed by atoms with Crippen molar-refractivity contribution in [2.75, 3.05) is 7.05 Å². The molecule has 0 unspecified atom stereocenters. The molecule has 0 aliphatic rings.